The third-order valence-corrected chi connectivity index (χ3v) is 2.47. The van der Waals surface area contributed by atoms with Crippen LogP contribution in [0.5, 0.6) is 0 Å². The Hall–Kier alpha value is -1.15. The molecule has 0 aliphatic heterocycles. The maximum atomic E-state index is 11.7. The van der Waals surface area contributed by atoms with Crippen molar-refractivity contribution in [3.63, 3.8) is 0 Å². The summed E-state index contributed by atoms with van der Waals surface area (Å²) in [4.78, 5) is 11.7. The summed E-state index contributed by atoms with van der Waals surface area (Å²) in [6.45, 7) is 4.22. The Morgan fingerprint density at radius 2 is 1.87 bits per heavy atom. The Bertz CT molecular complexity index is 306. The molecular formula is C13H19NO. The lowest BCUT2D eigenvalue weighted by Crippen LogP contribution is -2.21. The van der Waals surface area contributed by atoms with E-state index in [4.69, 9.17) is 5.73 Å². The Labute approximate surface area is 91.5 Å². The van der Waals surface area contributed by atoms with Crippen molar-refractivity contribution >= 4 is 5.78 Å². The zero-order valence-electron chi connectivity index (χ0n) is 9.44. The first-order valence-electron chi connectivity index (χ1n) is 5.44. The smallest absolute Gasteiger partial charge is 0.154 e. The van der Waals surface area contributed by atoms with Crippen molar-refractivity contribution in [2.24, 2.45) is 11.7 Å². The molecule has 0 heterocycles. The molecule has 2 heteroatoms. The molecule has 1 rings (SSSR count). The zero-order valence-corrected chi connectivity index (χ0v) is 9.44. The molecule has 0 radical (unpaired) electrons. The fourth-order valence-electron chi connectivity index (χ4n) is 1.43. The summed E-state index contributed by atoms with van der Waals surface area (Å²) in [6.07, 6.45) is 1.49. The minimum Gasteiger partial charge on any atom is -0.318 e. The van der Waals surface area contributed by atoms with Crippen LogP contribution in [0.3, 0.4) is 0 Å². The molecule has 2 N–H and O–H groups in total. The van der Waals surface area contributed by atoms with E-state index in [0.717, 1.165) is 12.0 Å². The highest BCUT2D eigenvalue weighted by molar-refractivity contribution is 5.85. The first kappa shape index (κ1) is 11.9. The molecule has 1 aromatic carbocycles. The SMILES string of the molecule is CC(C)CCC(=O)C(N)c1ccccc1. The van der Waals surface area contributed by atoms with Crippen LogP contribution in [0.2, 0.25) is 0 Å². The largest absolute Gasteiger partial charge is 0.318 e. The van der Waals surface area contributed by atoms with Gasteiger partial charge in [0.2, 0.25) is 0 Å². The summed E-state index contributed by atoms with van der Waals surface area (Å²) in [5, 5.41) is 0. The Balaban J connectivity index is 2.54. The van der Waals surface area contributed by atoms with Gasteiger partial charge in [0.15, 0.2) is 5.78 Å². The first-order chi connectivity index (χ1) is 7.11. The number of ketones is 1. The zero-order chi connectivity index (χ0) is 11.3. The van der Waals surface area contributed by atoms with Gasteiger partial charge in [-0.3, -0.25) is 4.79 Å². The summed E-state index contributed by atoms with van der Waals surface area (Å²) in [5.41, 5.74) is 6.78. The molecule has 0 amide bonds. The summed E-state index contributed by atoms with van der Waals surface area (Å²) >= 11 is 0. The van der Waals surface area contributed by atoms with Gasteiger partial charge in [-0.2, -0.15) is 0 Å². The Morgan fingerprint density at radius 3 is 2.40 bits per heavy atom. The average Bonchev–Trinajstić information content (AvgIpc) is 2.26. The number of benzene rings is 1. The van der Waals surface area contributed by atoms with E-state index in [1.165, 1.54) is 0 Å². The molecule has 0 saturated heterocycles. The average molecular weight is 205 g/mol. The van der Waals surface area contributed by atoms with Gasteiger partial charge in [0.05, 0.1) is 6.04 Å². The van der Waals surface area contributed by atoms with E-state index in [9.17, 15) is 4.79 Å². The highest BCUT2D eigenvalue weighted by atomic mass is 16.1. The van der Waals surface area contributed by atoms with E-state index in [-0.39, 0.29) is 5.78 Å². The molecular weight excluding hydrogens is 186 g/mol. The Morgan fingerprint density at radius 1 is 1.27 bits per heavy atom. The molecule has 0 aliphatic carbocycles. The summed E-state index contributed by atoms with van der Waals surface area (Å²) in [6, 6.07) is 9.09. The molecule has 2 nitrogen and oxygen atoms in total. The maximum absolute atomic E-state index is 11.7. The van der Waals surface area contributed by atoms with Crippen LogP contribution in [-0.2, 0) is 4.79 Å². The predicted molar refractivity (Wildman–Crippen MR) is 62.4 cm³/mol. The monoisotopic (exact) mass is 205 g/mol. The van der Waals surface area contributed by atoms with Gasteiger partial charge in [0.25, 0.3) is 0 Å². The number of carbonyl (C=O) groups is 1. The molecule has 15 heavy (non-hydrogen) atoms. The lowest BCUT2D eigenvalue weighted by molar-refractivity contribution is -0.120. The molecule has 0 fully saturated rings. The van der Waals surface area contributed by atoms with Crippen molar-refractivity contribution < 1.29 is 4.79 Å². The van der Waals surface area contributed by atoms with Gasteiger partial charge >= 0.3 is 0 Å². The van der Waals surface area contributed by atoms with Crippen molar-refractivity contribution in [1.82, 2.24) is 0 Å². The van der Waals surface area contributed by atoms with E-state index in [1.54, 1.807) is 0 Å². The van der Waals surface area contributed by atoms with Gasteiger partial charge in [0, 0.05) is 6.42 Å². The van der Waals surface area contributed by atoms with Crippen molar-refractivity contribution in [3.05, 3.63) is 35.9 Å². The third-order valence-electron chi connectivity index (χ3n) is 2.47. The van der Waals surface area contributed by atoms with Gasteiger partial charge in [-0.15, -0.1) is 0 Å². The lowest BCUT2D eigenvalue weighted by Gasteiger charge is -2.11. The van der Waals surface area contributed by atoms with Crippen LogP contribution >= 0.6 is 0 Å². The normalized spacial score (nSPS) is 12.8. The maximum Gasteiger partial charge on any atom is 0.154 e. The molecule has 0 spiro atoms. The fraction of sp³-hybridized carbons (Fsp3) is 0.462. The van der Waals surface area contributed by atoms with Crippen LogP contribution in [-0.4, -0.2) is 5.78 Å². The number of Topliss-reactive ketones (excluding diaryl/α,β-unsaturated/α-hetero) is 1. The molecule has 0 aliphatic rings. The molecule has 0 aromatic heterocycles. The molecule has 82 valence electrons. The van der Waals surface area contributed by atoms with Crippen LogP contribution in [0, 0.1) is 5.92 Å². The lowest BCUT2D eigenvalue weighted by atomic mass is 9.97. The molecule has 1 atom stereocenters. The number of carbonyl (C=O) groups excluding carboxylic acids is 1. The van der Waals surface area contributed by atoms with Crippen LogP contribution in [0.1, 0.15) is 38.3 Å². The summed E-state index contributed by atoms with van der Waals surface area (Å²) < 4.78 is 0. The highest BCUT2D eigenvalue weighted by Gasteiger charge is 2.15. The van der Waals surface area contributed by atoms with Crippen molar-refractivity contribution in [3.8, 4) is 0 Å². The van der Waals surface area contributed by atoms with Gasteiger partial charge in [-0.1, -0.05) is 44.2 Å². The van der Waals surface area contributed by atoms with Gasteiger partial charge in [-0.25, -0.2) is 0 Å². The van der Waals surface area contributed by atoms with E-state index < -0.39 is 6.04 Å². The summed E-state index contributed by atoms with van der Waals surface area (Å²) in [5.74, 6) is 0.687. The van der Waals surface area contributed by atoms with Crippen molar-refractivity contribution in [2.75, 3.05) is 0 Å². The summed E-state index contributed by atoms with van der Waals surface area (Å²) in [7, 11) is 0. The molecule has 1 aromatic rings. The minimum atomic E-state index is -0.454. The van der Waals surface area contributed by atoms with Crippen LogP contribution in [0.4, 0.5) is 0 Å². The third kappa shape index (κ3) is 3.84. The predicted octanol–water partition coefficient (Wildman–Crippen LogP) is 2.69. The number of hydrogen-bond acceptors (Lipinski definition) is 2. The highest BCUT2D eigenvalue weighted by Crippen LogP contribution is 2.14. The molecule has 0 saturated carbocycles. The molecule has 1 unspecified atom stereocenters. The molecule has 0 bridgehead atoms. The second-order valence-corrected chi connectivity index (χ2v) is 4.29. The fourth-order valence-corrected chi connectivity index (χ4v) is 1.43. The second-order valence-electron chi connectivity index (χ2n) is 4.29. The number of nitrogens with two attached hydrogens (primary N) is 1. The van der Waals surface area contributed by atoms with Gasteiger partial charge in [0.1, 0.15) is 0 Å². The topological polar surface area (TPSA) is 43.1 Å². The van der Waals surface area contributed by atoms with Gasteiger partial charge in [-0.05, 0) is 17.9 Å². The van der Waals surface area contributed by atoms with Crippen LogP contribution < -0.4 is 5.73 Å². The van der Waals surface area contributed by atoms with Crippen molar-refractivity contribution in [2.45, 2.75) is 32.7 Å². The number of hydrogen-bond donors (Lipinski definition) is 1. The van der Waals surface area contributed by atoms with Gasteiger partial charge < -0.3 is 5.73 Å². The van der Waals surface area contributed by atoms with E-state index in [2.05, 4.69) is 13.8 Å². The van der Waals surface area contributed by atoms with Crippen LogP contribution in [0.25, 0.3) is 0 Å². The Kier molecular flexibility index (Phi) is 4.50. The minimum absolute atomic E-state index is 0.134. The first-order valence-corrected chi connectivity index (χ1v) is 5.44. The van der Waals surface area contributed by atoms with E-state index in [0.29, 0.717) is 12.3 Å². The van der Waals surface area contributed by atoms with E-state index >= 15 is 0 Å². The van der Waals surface area contributed by atoms with E-state index in [1.807, 2.05) is 30.3 Å². The number of rotatable bonds is 5. The standard InChI is InChI=1S/C13H19NO/c1-10(2)8-9-12(15)13(14)11-6-4-3-5-7-11/h3-7,10,13H,8-9,14H2,1-2H3. The van der Waals surface area contributed by atoms with Crippen molar-refractivity contribution in [1.29, 1.82) is 0 Å². The quantitative estimate of drug-likeness (QED) is 0.803. The second kappa shape index (κ2) is 5.66. The van der Waals surface area contributed by atoms with Crippen LogP contribution in [0.15, 0.2) is 30.3 Å².